The van der Waals surface area contributed by atoms with Gasteiger partial charge in [0, 0.05) is 9.61 Å². The smallest absolute Gasteiger partial charge is 0.305 e. The van der Waals surface area contributed by atoms with Crippen molar-refractivity contribution in [1.82, 2.24) is 5.32 Å². The highest BCUT2D eigenvalue weighted by atomic mass is 127. The number of halogens is 2. The summed E-state index contributed by atoms with van der Waals surface area (Å²) in [6.07, 6.45) is 0.406. The molecule has 1 amide bonds. The molecule has 1 unspecified atom stereocenters. The van der Waals surface area contributed by atoms with Gasteiger partial charge in [-0.05, 0) is 52.6 Å². The van der Waals surface area contributed by atoms with E-state index in [1.165, 1.54) is 18.2 Å². The Kier molecular flexibility index (Phi) is 6.12. The first-order valence-electron chi connectivity index (χ1n) is 6.56. The van der Waals surface area contributed by atoms with Gasteiger partial charge in [-0.2, -0.15) is 0 Å². The normalized spacial score (nSPS) is 12.8. The van der Waals surface area contributed by atoms with E-state index in [0.29, 0.717) is 15.6 Å². The van der Waals surface area contributed by atoms with Crippen molar-refractivity contribution in [2.24, 2.45) is 5.41 Å². The van der Waals surface area contributed by atoms with Crippen LogP contribution in [0.25, 0.3) is 0 Å². The maximum atomic E-state index is 13.1. The van der Waals surface area contributed by atoms with E-state index in [9.17, 15) is 14.0 Å². The Morgan fingerprint density at radius 2 is 2.00 bits per heavy atom. The highest BCUT2D eigenvalue weighted by molar-refractivity contribution is 14.1. The SMILES string of the molecule is CC(C)(C)CC(CC(=O)O)NC(=O)c1ccc(F)cc1I. The molecule has 0 spiro atoms. The number of hydrogen-bond donors (Lipinski definition) is 2. The standard InChI is InChI=1S/C15H19FINO3/c1-15(2,3)8-10(7-13(19)20)18-14(21)11-5-4-9(16)6-12(11)17/h4-6,10H,7-8H2,1-3H3,(H,18,21)(H,19,20). The van der Waals surface area contributed by atoms with Crippen molar-refractivity contribution < 1.29 is 19.1 Å². The summed E-state index contributed by atoms with van der Waals surface area (Å²) in [5.74, 6) is -1.75. The molecule has 1 atom stereocenters. The first kappa shape index (κ1) is 17.9. The third-order valence-electron chi connectivity index (χ3n) is 2.79. The summed E-state index contributed by atoms with van der Waals surface area (Å²) >= 11 is 1.88. The number of carbonyl (C=O) groups excluding carboxylic acids is 1. The van der Waals surface area contributed by atoms with E-state index in [2.05, 4.69) is 5.32 Å². The number of benzene rings is 1. The number of carboxylic acids is 1. The first-order chi connectivity index (χ1) is 9.58. The number of hydrogen-bond acceptors (Lipinski definition) is 2. The highest BCUT2D eigenvalue weighted by Gasteiger charge is 2.23. The molecule has 0 aliphatic rings. The van der Waals surface area contributed by atoms with Crippen molar-refractivity contribution in [2.45, 2.75) is 39.7 Å². The lowest BCUT2D eigenvalue weighted by atomic mass is 9.87. The molecule has 1 rings (SSSR count). The van der Waals surface area contributed by atoms with Crippen molar-refractivity contribution in [1.29, 1.82) is 0 Å². The molecule has 1 aromatic carbocycles. The van der Waals surface area contributed by atoms with Crippen LogP contribution in [0.1, 0.15) is 44.0 Å². The second kappa shape index (κ2) is 7.20. The predicted molar refractivity (Wildman–Crippen MR) is 86.7 cm³/mol. The van der Waals surface area contributed by atoms with Crippen molar-refractivity contribution in [3.63, 3.8) is 0 Å². The molecule has 6 heteroatoms. The molecule has 0 aliphatic heterocycles. The molecular weight excluding hydrogens is 388 g/mol. The van der Waals surface area contributed by atoms with Crippen LogP contribution in [0.4, 0.5) is 4.39 Å². The molecule has 0 fully saturated rings. The molecule has 0 heterocycles. The van der Waals surface area contributed by atoms with E-state index in [-0.39, 0.29) is 17.7 Å². The van der Waals surface area contributed by atoms with Crippen LogP contribution in [0.5, 0.6) is 0 Å². The van der Waals surface area contributed by atoms with E-state index in [1.54, 1.807) is 0 Å². The number of carbonyl (C=O) groups is 2. The summed E-state index contributed by atoms with van der Waals surface area (Å²) in [5.41, 5.74) is 0.241. The third kappa shape index (κ3) is 6.41. The van der Waals surface area contributed by atoms with Gasteiger partial charge >= 0.3 is 5.97 Å². The molecule has 0 saturated heterocycles. The van der Waals surface area contributed by atoms with Crippen LogP contribution in [0.3, 0.4) is 0 Å². The van der Waals surface area contributed by atoms with E-state index in [0.717, 1.165) is 0 Å². The zero-order valence-corrected chi connectivity index (χ0v) is 14.4. The van der Waals surface area contributed by atoms with Gasteiger partial charge < -0.3 is 10.4 Å². The monoisotopic (exact) mass is 407 g/mol. The molecule has 0 aliphatic carbocycles. The zero-order valence-electron chi connectivity index (χ0n) is 12.2. The molecule has 0 aromatic heterocycles. The van der Waals surface area contributed by atoms with Gasteiger partial charge in [-0.25, -0.2) is 4.39 Å². The quantitative estimate of drug-likeness (QED) is 0.736. The lowest BCUT2D eigenvalue weighted by Crippen LogP contribution is -2.39. The minimum Gasteiger partial charge on any atom is -0.481 e. The summed E-state index contributed by atoms with van der Waals surface area (Å²) in [5, 5.41) is 11.7. The van der Waals surface area contributed by atoms with Gasteiger partial charge in [0.2, 0.25) is 0 Å². The maximum Gasteiger partial charge on any atom is 0.305 e. The Labute approximate surface area is 137 Å². The minimum absolute atomic E-state index is 0.108. The van der Waals surface area contributed by atoms with Crippen molar-refractivity contribution in [3.05, 3.63) is 33.1 Å². The Morgan fingerprint density at radius 1 is 1.38 bits per heavy atom. The van der Waals surface area contributed by atoms with Crippen LogP contribution in [0.15, 0.2) is 18.2 Å². The van der Waals surface area contributed by atoms with Gasteiger partial charge in [0.05, 0.1) is 12.0 Å². The Balaban J connectivity index is 2.86. The second-order valence-electron chi connectivity index (χ2n) is 6.16. The van der Waals surface area contributed by atoms with Crippen LogP contribution in [0.2, 0.25) is 0 Å². The second-order valence-corrected chi connectivity index (χ2v) is 7.32. The number of aliphatic carboxylic acids is 1. The van der Waals surface area contributed by atoms with Crippen LogP contribution in [-0.4, -0.2) is 23.0 Å². The van der Waals surface area contributed by atoms with Crippen LogP contribution in [0, 0.1) is 14.8 Å². The average Bonchev–Trinajstić information content (AvgIpc) is 2.24. The number of rotatable bonds is 5. The number of carboxylic acid groups (broad SMARTS) is 1. The van der Waals surface area contributed by atoms with Crippen molar-refractivity contribution >= 4 is 34.5 Å². The van der Waals surface area contributed by atoms with Crippen molar-refractivity contribution in [2.75, 3.05) is 0 Å². The van der Waals surface area contributed by atoms with E-state index < -0.39 is 17.8 Å². The van der Waals surface area contributed by atoms with Gasteiger partial charge in [-0.15, -0.1) is 0 Å². The fourth-order valence-electron chi connectivity index (χ4n) is 2.06. The van der Waals surface area contributed by atoms with Gasteiger partial charge in [-0.1, -0.05) is 20.8 Å². The molecule has 1 aromatic rings. The Hall–Kier alpha value is -1.18. The zero-order chi connectivity index (χ0) is 16.2. The van der Waals surface area contributed by atoms with Crippen LogP contribution in [-0.2, 0) is 4.79 Å². The molecule has 4 nitrogen and oxygen atoms in total. The van der Waals surface area contributed by atoms with Gasteiger partial charge in [0.1, 0.15) is 5.82 Å². The largest absolute Gasteiger partial charge is 0.481 e. The Morgan fingerprint density at radius 3 is 2.48 bits per heavy atom. The van der Waals surface area contributed by atoms with Gasteiger partial charge in [-0.3, -0.25) is 9.59 Å². The predicted octanol–water partition coefficient (Wildman–Crippen LogP) is 3.44. The number of nitrogens with one attached hydrogen (secondary N) is 1. The maximum absolute atomic E-state index is 13.1. The molecule has 0 radical (unpaired) electrons. The average molecular weight is 407 g/mol. The fourth-order valence-corrected chi connectivity index (χ4v) is 2.78. The minimum atomic E-state index is -0.960. The summed E-state index contributed by atoms with van der Waals surface area (Å²) in [6.45, 7) is 5.95. The number of amides is 1. The highest BCUT2D eigenvalue weighted by Crippen LogP contribution is 2.23. The summed E-state index contributed by atoms with van der Waals surface area (Å²) in [4.78, 5) is 23.1. The Bertz CT molecular complexity index is 540. The molecular formula is C15H19FINO3. The lowest BCUT2D eigenvalue weighted by molar-refractivity contribution is -0.137. The van der Waals surface area contributed by atoms with Crippen LogP contribution < -0.4 is 5.32 Å². The summed E-state index contributed by atoms with van der Waals surface area (Å²) in [6, 6.07) is 3.43. The fraction of sp³-hybridized carbons (Fsp3) is 0.467. The first-order valence-corrected chi connectivity index (χ1v) is 7.64. The van der Waals surface area contributed by atoms with Crippen LogP contribution >= 0.6 is 22.6 Å². The molecule has 21 heavy (non-hydrogen) atoms. The summed E-state index contributed by atoms with van der Waals surface area (Å²) < 4.78 is 13.5. The lowest BCUT2D eigenvalue weighted by Gasteiger charge is -2.26. The third-order valence-corrected chi connectivity index (χ3v) is 3.68. The van der Waals surface area contributed by atoms with E-state index >= 15 is 0 Å². The van der Waals surface area contributed by atoms with Gasteiger partial charge in [0.25, 0.3) is 5.91 Å². The van der Waals surface area contributed by atoms with E-state index in [1.807, 2.05) is 43.4 Å². The molecule has 0 bridgehead atoms. The van der Waals surface area contributed by atoms with E-state index in [4.69, 9.17) is 5.11 Å². The molecule has 0 saturated carbocycles. The topological polar surface area (TPSA) is 66.4 Å². The molecule has 2 N–H and O–H groups in total. The molecule has 116 valence electrons. The van der Waals surface area contributed by atoms with Gasteiger partial charge in [0.15, 0.2) is 0 Å². The summed E-state index contributed by atoms with van der Waals surface area (Å²) in [7, 11) is 0. The van der Waals surface area contributed by atoms with Crippen molar-refractivity contribution in [3.8, 4) is 0 Å².